The molecule has 0 aliphatic rings. The Morgan fingerprint density at radius 3 is 2.74 bits per heavy atom. The van der Waals surface area contributed by atoms with Crippen LogP contribution >= 0.6 is 0 Å². The Balaban J connectivity index is 1.68. The molecule has 0 saturated heterocycles. The van der Waals surface area contributed by atoms with Gasteiger partial charge in [0.2, 0.25) is 5.91 Å². The highest BCUT2D eigenvalue weighted by Crippen LogP contribution is 2.18. The maximum Gasteiger partial charge on any atom is 0.231 e. The van der Waals surface area contributed by atoms with E-state index < -0.39 is 0 Å². The van der Waals surface area contributed by atoms with E-state index in [0.29, 0.717) is 11.4 Å². The minimum Gasteiger partial charge on any atom is -0.504 e. The molecule has 7 heteroatoms. The van der Waals surface area contributed by atoms with Crippen molar-refractivity contribution in [1.29, 1.82) is 0 Å². The van der Waals surface area contributed by atoms with Crippen molar-refractivity contribution >= 4 is 11.7 Å². The summed E-state index contributed by atoms with van der Waals surface area (Å²) in [5.74, 6) is -0.660. The van der Waals surface area contributed by atoms with Crippen molar-refractivity contribution in [1.82, 2.24) is 14.8 Å². The summed E-state index contributed by atoms with van der Waals surface area (Å²) < 4.78 is 14.5. The molecule has 0 unspecified atom stereocenters. The van der Waals surface area contributed by atoms with E-state index in [-0.39, 0.29) is 29.7 Å². The molecule has 0 saturated carbocycles. The van der Waals surface area contributed by atoms with Crippen molar-refractivity contribution < 1.29 is 14.3 Å². The zero-order chi connectivity index (χ0) is 16.2. The number of halogens is 1. The number of aromatic nitrogens is 3. The minimum atomic E-state index is -0.344. The first kappa shape index (κ1) is 14.7. The number of hydrogen-bond donors (Lipinski definition) is 2. The Morgan fingerprint density at radius 2 is 2.00 bits per heavy atom. The average molecular weight is 312 g/mol. The van der Waals surface area contributed by atoms with Crippen LogP contribution < -0.4 is 5.32 Å². The second-order valence-electron chi connectivity index (χ2n) is 4.82. The molecule has 116 valence electrons. The highest BCUT2D eigenvalue weighted by atomic mass is 19.1. The molecule has 3 aromatic rings. The highest BCUT2D eigenvalue weighted by molar-refractivity contribution is 5.92. The van der Waals surface area contributed by atoms with Gasteiger partial charge in [-0.3, -0.25) is 4.79 Å². The van der Waals surface area contributed by atoms with E-state index in [0.717, 1.165) is 0 Å². The Bertz CT molecular complexity index is 830. The quantitative estimate of drug-likeness (QED) is 0.774. The van der Waals surface area contributed by atoms with Gasteiger partial charge in [-0.05, 0) is 42.5 Å². The molecule has 0 radical (unpaired) electrons. The maximum atomic E-state index is 12.9. The molecule has 2 heterocycles. The van der Waals surface area contributed by atoms with Crippen LogP contribution in [0.3, 0.4) is 0 Å². The Labute approximate surface area is 131 Å². The number of carbonyl (C=O) groups excluding carboxylic acids is 1. The van der Waals surface area contributed by atoms with Crippen LogP contribution in [0.5, 0.6) is 5.75 Å². The molecule has 2 N–H and O–H groups in total. The molecule has 1 amide bonds. The van der Waals surface area contributed by atoms with Gasteiger partial charge in [-0.1, -0.05) is 0 Å². The van der Waals surface area contributed by atoms with Gasteiger partial charge in [-0.15, -0.1) is 0 Å². The van der Waals surface area contributed by atoms with Gasteiger partial charge in [-0.25, -0.2) is 14.1 Å². The summed E-state index contributed by atoms with van der Waals surface area (Å²) in [7, 11) is 0. The second kappa shape index (κ2) is 6.27. The second-order valence-corrected chi connectivity index (χ2v) is 4.82. The molecular weight excluding hydrogens is 299 g/mol. The van der Waals surface area contributed by atoms with Gasteiger partial charge in [0.25, 0.3) is 0 Å². The van der Waals surface area contributed by atoms with Gasteiger partial charge in [0, 0.05) is 12.4 Å². The predicted octanol–water partition coefficient (Wildman–Crippen LogP) is 2.29. The SMILES string of the molecule is O=C(Cc1ccn(-c2ccc(F)cc2)n1)Nc1ncccc1O. The third-order valence-corrected chi connectivity index (χ3v) is 3.12. The molecule has 1 aromatic carbocycles. The van der Waals surface area contributed by atoms with Gasteiger partial charge >= 0.3 is 0 Å². The maximum absolute atomic E-state index is 12.9. The molecule has 0 spiro atoms. The summed E-state index contributed by atoms with van der Waals surface area (Å²) in [6, 6.07) is 10.6. The zero-order valence-corrected chi connectivity index (χ0v) is 12.0. The van der Waals surface area contributed by atoms with Crippen molar-refractivity contribution in [2.45, 2.75) is 6.42 Å². The number of pyridine rings is 1. The average Bonchev–Trinajstić information content (AvgIpc) is 2.98. The topological polar surface area (TPSA) is 80.0 Å². The standard InChI is InChI=1S/C16H13FN4O2/c17-11-3-5-13(6-4-11)21-9-7-12(20-21)10-15(23)19-16-14(22)2-1-8-18-16/h1-9,22H,10H2,(H,18,19,23). The van der Waals surface area contributed by atoms with Crippen molar-refractivity contribution in [3.8, 4) is 11.4 Å². The van der Waals surface area contributed by atoms with E-state index in [1.165, 1.54) is 24.4 Å². The summed E-state index contributed by atoms with van der Waals surface area (Å²) >= 11 is 0. The van der Waals surface area contributed by atoms with Crippen LogP contribution in [-0.2, 0) is 11.2 Å². The molecule has 0 fully saturated rings. The van der Waals surface area contributed by atoms with E-state index in [1.807, 2.05) is 0 Å². The number of carbonyl (C=O) groups is 1. The molecule has 3 rings (SSSR count). The fourth-order valence-corrected chi connectivity index (χ4v) is 2.03. The minimum absolute atomic E-state index is 0.0320. The van der Waals surface area contributed by atoms with Gasteiger partial charge in [-0.2, -0.15) is 5.10 Å². The van der Waals surface area contributed by atoms with Gasteiger partial charge in [0.05, 0.1) is 17.8 Å². The lowest BCUT2D eigenvalue weighted by Gasteiger charge is -2.04. The van der Waals surface area contributed by atoms with Crippen LogP contribution in [-0.4, -0.2) is 25.8 Å². The van der Waals surface area contributed by atoms with Crippen LogP contribution in [0.4, 0.5) is 10.2 Å². The Morgan fingerprint density at radius 1 is 1.22 bits per heavy atom. The van der Waals surface area contributed by atoms with Crippen LogP contribution in [0, 0.1) is 5.82 Å². The summed E-state index contributed by atoms with van der Waals surface area (Å²) in [6.07, 6.45) is 3.19. The first-order valence-corrected chi connectivity index (χ1v) is 6.86. The van der Waals surface area contributed by atoms with Crippen LogP contribution in [0.2, 0.25) is 0 Å². The summed E-state index contributed by atoms with van der Waals surface area (Å²) in [6.45, 7) is 0. The molecule has 6 nitrogen and oxygen atoms in total. The number of nitrogens with zero attached hydrogens (tertiary/aromatic N) is 3. The fraction of sp³-hybridized carbons (Fsp3) is 0.0625. The molecular formula is C16H13FN4O2. The predicted molar refractivity (Wildman–Crippen MR) is 81.8 cm³/mol. The van der Waals surface area contributed by atoms with Gasteiger partial charge in [0.15, 0.2) is 11.6 Å². The molecule has 0 atom stereocenters. The molecule has 0 aliphatic carbocycles. The van der Waals surface area contributed by atoms with Crippen molar-refractivity contribution in [2.24, 2.45) is 0 Å². The fourth-order valence-electron chi connectivity index (χ4n) is 2.03. The number of anilines is 1. The summed E-state index contributed by atoms with van der Waals surface area (Å²) in [5.41, 5.74) is 1.24. The van der Waals surface area contributed by atoms with E-state index in [4.69, 9.17) is 0 Å². The number of benzene rings is 1. The van der Waals surface area contributed by atoms with E-state index in [9.17, 15) is 14.3 Å². The number of nitrogens with one attached hydrogen (secondary N) is 1. The van der Waals surface area contributed by atoms with E-state index in [1.54, 1.807) is 35.1 Å². The third kappa shape index (κ3) is 3.52. The van der Waals surface area contributed by atoms with E-state index >= 15 is 0 Å². The Kier molecular flexibility index (Phi) is 4.01. The van der Waals surface area contributed by atoms with E-state index in [2.05, 4.69) is 15.4 Å². The van der Waals surface area contributed by atoms with Crippen molar-refractivity contribution in [3.63, 3.8) is 0 Å². The number of aromatic hydroxyl groups is 1. The van der Waals surface area contributed by atoms with Crippen LogP contribution in [0.1, 0.15) is 5.69 Å². The molecule has 2 aromatic heterocycles. The molecule has 0 aliphatic heterocycles. The Hall–Kier alpha value is -3.22. The van der Waals surface area contributed by atoms with Crippen molar-refractivity contribution in [3.05, 3.63) is 66.4 Å². The zero-order valence-electron chi connectivity index (χ0n) is 12.0. The van der Waals surface area contributed by atoms with Crippen LogP contribution in [0.15, 0.2) is 54.9 Å². The lowest BCUT2D eigenvalue weighted by atomic mass is 10.3. The number of amides is 1. The lowest BCUT2D eigenvalue weighted by molar-refractivity contribution is -0.115. The van der Waals surface area contributed by atoms with Gasteiger partial charge in [0.1, 0.15) is 5.82 Å². The first-order chi connectivity index (χ1) is 11.1. The smallest absolute Gasteiger partial charge is 0.231 e. The number of hydrogen-bond acceptors (Lipinski definition) is 4. The highest BCUT2D eigenvalue weighted by Gasteiger charge is 2.10. The molecule has 0 bridgehead atoms. The molecule has 23 heavy (non-hydrogen) atoms. The summed E-state index contributed by atoms with van der Waals surface area (Å²) in [5, 5.41) is 16.4. The van der Waals surface area contributed by atoms with Crippen LogP contribution in [0.25, 0.3) is 5.69 Å². The normalized spacial score (nSPS) is 10.5. The monoisotopic (exact) mass is 312 g/mol. The third-order valence-electron chi connectivity index (χ3n) is 3.12. The first-order valence-electron chi connectivity index (χ1n) is 6.86. The lowest BCUT2D eigenvalue weighted by Crippen LogP contribution is -2.15. The van der Waals surface area contributed by atoms with Gasteiger partial charge < -0.3 is 10.4 Å². The number of rotatable bonds is 4. The summed E-state index contributed by atoms with van der Waals surface area (Å²) in [4.78, 5) is 15.8. The largest absolute Gasteiger partial charge is 0.504 e. The van der Waals surface area contributed by atoms with Crippen molar-refractivity contribution in [2.75, 3.05) is 5.32 Å².